The molecule has 0 unspecified atom stereocenters. The van der Waals surface area contributed by atoms with Gasteiger partial charge in [-0.2, -0.15) is 0 Å². The van der Waals surface area contributed by atoms with E-state index in [4.69, 9.17) is 16.3 Å². The summed E-state index contributed by atoms with van der Waals surface area (Å²) in [4.78, 5) is 13.2. The number of rotatable bonds is 7. The van der Waals surface area contributed by atoms with Gasteiger partial charge in [0.05, 0.1) is 22.7 Å². The number of aryl methyl sites for hydroxylation is 1. The van der Waals surface area contributed by atoms with E-state index in [1.807, 2.05) is 48.5 Å². The highest BCUT2D eigenvalue weighted by atomic mass is 35.5. The summed E-state index contributed by atoms with van der Waals surface area (Å²) in [6.07, 6.45) is 2.41. The van der Waals surface area contributed by atoms with Gasteiger partial charge in [0.1, 0.15) is 11.6 Å². The van der Waals surface area contributed by atoms with Gasteiger partial charge in [-0.05, 0) is 47.4 Å². The first-order valence-corrected chi connectivity index (χ1v) is 11.1. The summed E-state index contributed by atoms with van der Waals surface area (Å²) in [6.45, 7) is 2.69. The number of benzene rings is 3. The number of nitrogens with zero attached hydrogens (tertiary/aromatic N) is 1. The molecule has 0 bridgehead atoms. The molecule has 5 heteroatoms. The highest BCUT2D eigenvalue weighted by Crippen LogP contribution is 2.30. The molecule has 0 aliphatic carbocycles. The molecule has 0 saturated carbocycles. The summed E-state index contributed by atoms with van der Waals surface area (Å²) in [5, 5.41) is 1.04. The van der Waals surface area contributed by atoms with E-state index >= 15 is 0 Å². The van der Waals surface area contributed by atoms with Gasteiger partial charge in [-0.25, -0.2) is 4.39 Å². The number of unbranched alkanes of at least 4 members (excludes halogenated alkanes) is 1. The number of halogens is 2. The maximum absolute atomic E-state index is 13.5. The van der Waals surface area contributed by atoms with Gasteiger partial charge in [0.25, 0.3) is 5.56 Å². The van der Waals surface area contributed by atoms with Crippen molar-refractivity contribution in [1.82, 2.24) is 4.57 Å². The molecule has 4 rings (SSSR count). The summed E-state index contributed by atoms with van der Waals surface area (Å²) in [7, 11) is 1.80. The van der Waals surface area contributed by atoms with Gasteiger partial charge < -0.3 is 9.30 Å². The van der Waals surface area contributed by atoms with Crippen molar-refractivity contribution >= 4 is 22.5 Å². The highest BCUT2D eigenvalue weighted by Gasteiger charge is 2.17. The zero-order chi connectivity index (χ0) is 22.7. The third-order valence-corrected chi connectivity index (χ3v) is 5.97. The Kier molecular flexibility index (Phi) is 6.61. The molecule has 4 aromatic rings. The average Bonchev–Trinajstić information content (AvgIpc) is 2.81. The Balaban J connectivity index is 1.71. The fraction of sp³-hybridized carbons (Fsp3) is 0.222. The third-order valence-electron chi connectivity index (χ3n) is 5.68. The maximum Gasteiger partial charge on any atom is 0.258 e. The SMILES string of the molecule is CCCCOc1c(Cc2ccc(-c3ccc(F)c(Cl)c3)cc2)c(=O)n(C)c2ccccc12. The topological polar surface area (TPSA) is 31.2 Å². The molecular formula is C27H25ClFNO2. The summed E-state index contributed by atoms with van der Waals surface area (Å²) in [5.74, 6) is 0.237. The number of hydrogen-bond donors (Lipinski definition) is 0. The Bertz CT molecular complexity index is 1310. The number of pyridine rings is 1. The molecular weight excluding hydrogens is 425 g/mol. The van der Waals surface area contributed by atoms with Gasteiger partial charge in [-0.3, -0.25) is 4.79 Å². The van der Waals surface area contributed by atoms with Gasteiger partial charge in [-0.15, -0.1) is 0 Å². The van der Waals surface area contributed by atoms with Gasteiger partial charge in [0.15, 0.2) is 0 Å². The van der Waals surface area contributed by atoms with Gasteiger partial charge in [0, 0.05) is 18.9 Å². The van der Waals surface area contributed by atoms with Crippen LogP contribution < -0.4 is 10.3 Å². The van der Waals surface area contributed by atoms with Crippen LogP contribution in [0.15, 0.2) is 71.5 Å². The molecule has 0 aliphatic heterocycles. The number of fused-ring (bicyclic) bond motifs is 1. The average molecular weight is 450 g/mol. The molecule has 1 aromatic heterocycles. The lowest BCUT2D eigenvalue weighted by Crippen LogP contribution is -2.23. The van der Waals surface area contributed by atoms with Crippen LogP contribution in [0.2, 0.25) is 5.02 Å². The Labute approximate surface area is 192 Å². The lowest BCUT2D eigenvalue weighted by molar-refractivity contribution is 0.309. The zero-order valence-corrected chi connectivity index (χ0v) is 19.0. The van der Waals surface area contributed by atoms with Crippen molar-refractivity contribution < 1.29 is 9.13 Å². The van der Waals surface area contributed by atoms with Crippen LogP contribution in [0.1, 0.15) is 30.9 Å². The lowest BCUT2D eigenvalue weighted by atomic mass is 9.99. The van der Waals surface area contributed by atoms with Crippen molar-refractivity contribution in [1.29, 1.82) is 0 Å². The number of ether oxygens (including phenoxy) is 1. The van der Waals surface area contributed by atoms with Crippen LogP contribution in [0.25, 0.3) is 22.0 Å². The minimum absolute atomic E-state index is 0.0513. The van der Waals surface area contributed by atoms with Crippen molar-refractivity contribution in [3.05, 3.63) is 99.1 Å². The van der Waals surface area contributed by atoms with E-state index in [-0.39, 0.29) is 10.6 Å². The molecule has 0 radical (unpaired) electrons. The van der Waals surface area contributed by atoms with E-state index in [9.17, 15) is 9.18 Å². The van der Waals surface area contributed by atoms with E-state index in [2.05, 4.69) is 6.92 Å². The Hall–Kier alpha value is -3.11. The van der Waals surface area contributed by atoms with Crippen LogP contribution in [0.5, 0.6) is 5.75 Å². The van der Waals surface area contributed by atoms with E-state index in [0.717, 1.165) is 40.4 Å². The second-order valence-corrected chi connectivity index (χ2v) is 8.30. The second-order valence-electron chi connectivity index (χ2n) is 7.89. The molecule has 0 amide bonds. The molecule has 0 atom stereocenters. The first-order chi connectivity index (χ1) is 15.5. The molecule has 3 aromatic carbocycles. The molecule has 3 nitrogen and oxygen atoms in total. The normalized spacial score (nSPS) is 11.1. The van der Waals surface area contributed by atoms with Crippen LogP contribution in [-0.4, -0.2) is 11.2 Å². The predicted octanol–water partition coefficient (Wildman–Crippen LogP) is 6.77. The standard InChI is InChI=1S/C27H25ClFNO2/c1-3-4-15-32-26-21-7-5-6-8-25(21)30(2)27(31)22(26)16-18-9-11-19(12-10-18)20-13-14-24(29)23(28)17-20/h5-14,17H,3-4,15-16H2,1-2H3. The van der Waals surface area contributed by atoms with Crippen LogP contribution in [0.4, 0.5) is 4.39 Å². The van der Waals surface area contributed by atoms with Gasteiger partial charge in [0.2, 0.25) is 0 Å². The van der Waals surface area contributed by atoms with Crippen molar-refractivity contribution in [2.45, 2.75) is 26.2 Å². The molecule has 164 valence electrons. The lowest BCUT2D eigenvalue weighted by Gasteiger charge is -2.17. The number of para-hydroxylation sites is 1. The van der Waals surface area contributed by atoms with Crippen LogP contribution in [0.3, 0.4) is 0 Å². The number of aromatic nitrogens is 1. The zero-order valence-electron chi connectivity index (χ0n) is 18.2. The largest absolute Gasteiger partial charge is 0.492 e. The Morgan fingerprint density at radius 3 is 2.44 bits per heavy atom. The fourth-order valence-corrected chi connectivity index (χ4v) is 4.04. The van der Waals surface area contributed by atoms with E-state index < -0.39 is 5.82 Å². The quantitative estimate of drug-likeness (QED) is 0.291. The molecule has 0 fully saturated rings. The Morgan fingerprint density at radius 1 is 1.00 bits per heavy atom. The highest BCUT2D eigenvalue weighted by molar-refractivity contribution is 6.31. The van der Waals surface area contributed by atoms with E-state index in [1.165, 1.54) is 6.07 Å². The second kappa shape index (κ2) is 9.58. The minimum Gasteiger partial charge on any atom is -0.492 e. The van der Waals surface area contributed by atoms with Crippen molar-refractivity contribution in [2.75, 3.05) is 6.61 Å². The van der Waals surface area contributed by atoms with Crippen molar-refractivity contribution in [3.8, 4) is 16.9 Å². The summed E-state index contributed by atoms with van der Waals surface area (Å²) in [5.41, 5.74) is 4.23. The van der Waals surface area contributed by atoms with Crippen LogP contribution >= 0.6 is 11.6 Å². The van der Waals surface area contributed by atoms with Crippen LogP contribution in [-0.2, 0) is 13.5 Å². The van der Waals surface area contributed by atoms with E-state index in [0.29, 0.717) is 24.3 Å². The monoisotopic (exact) mass is 449 g/mol. The van der Waals surface area contributed by atoms with E-state index in [1.54, 1.807) is 23.7 Å². The Morgan fingerprint density at radius 2 is 1.72 bits per heavy atom. The first-order valence-electron chi connectivity index (χ1n) is 10.8. The summed E-state index contributed by atoms with van der Waals surface area (Å²) < 4.78 is 21.3. The third kappa shape index (κ3) is 4.42. The molecule has 0 spiro atoms. The molecule has 0 saturated heterocycles. The minimum atomic E-state index is -0.435. The number of hydrogen-bond acceptors (Lipinski definition) is 2. The van der Waals surface area contributed by atoms with Crippen molar-refractivity contribution in [3.63, 3.8) is 0 Å². The molecule has 0 N–H and O–H groups in total. The molecule has 0 aliphatic rings. The molecule has 1 heterocycles. The first kappa shape index (κ1) is 22.1. The summed E-state index contributed by atoms with van der Waals surface area (Å²) in [6, 6.07) is 20.4. The van der Waals surface area contributed by atoms with Gasteiger partial charge in [-0.1, -0.05) is 67.4 Å². The smallest absolute Gasteiger partial charge is 0.258 e. The maximum atomic E-state index is 13.5. The van der Waals surface area contributed by atoms with Gasteiger partial charge >= 0.3 is 0 Å². The van der Waals surface area contributed by atoms with Crippen LogP contribution in [0, 0.1) is 5.82 Å². The predicted molar refractivity (Wildman–Crippen MR) is 129 cm³/mol. The summed E-state index contributed by atoms with van der Waals surface area (Å²) >= 11 is 5.93. The van der Waals surface area contributed by atoms with Crippen molar-refractivity contribution in [2.24, 2.45) is 7.05 Å². The fourth-order valence-electron chi connectivity index (χ4n) is 3.86. The molecule has 32 heavy (non-hydrogen) atoms.